The lowest BCUT2D eigenvalue weighted by atomic mass is 9.96. The van der Waals surface area contributed by atoms with Crippen LogP contribution >= 0.6 is 0 Å². The van der Waals surface area contributed by atoms with Gasteiger partial charge in [-0.25, -0.2) is 13.1 Å². The lowest BCUT2D eigenvalue weighted by Gasteiger charge is -2.23. The minimum absolute atomic E-state index is 0.0520. The molecule has 1 N–H and O–H groups in total. The van der Waals surface area contributed by atoms with E-state index in [0.717, 1.165) is 31.2 Å². The molecule has 21 heavy (non-hydrogen) atoms. The summed E-state index contributed by atoms with van der Waals surface area (Å²) in [7, 11) is -2.03. The maximum absolute atomic E-state index is 12.7. The molecule has 0 unspecified atom stereocenters. The highest BCUT2D eigenvalue weighted by Crippen LogP contribution is 2.29. The molecule has 1 aromatic rings. The van der Waals surface area contributed by atoms with Crippen molar-refractivity contribution in [2.75, 3.05) is 7.11 Å². The Kier molecular flexibility index (Phi) is 5.27. The van der Waals surface area contributed by atoms with Crippen LogP contribution in [0.25, 0.3) is 0 Å². The Bertz CT molecular complexity index is 575. The van der Waals surface area contributed by atoms with E-state index in [1.54, 1.807) is 12.1 Å². The van der Waals surface area contributed by atoms with Gasteiger partial charge in [0, 0.05) is 6.04 Å². The highest BCUT2D eigenvalue weighted by Gasteiger charge is 2.25. The summed E-state index contributed by atoms with van der Waals surface area (Å²) in [6, 6.07) is 5.44. The molecule has 0 spiro atoms. The zero-order valence-corrected chi connectivity index (χ0v) is 13.9. The van der Waals surface area contributed by atoms with Gasteiger partial charge in [0.25, 0.3) is 0 Å². The first-order chi connectivity index (χ1) is 9.94. The zero-order chi connectivity index (χ0) is 15.5. The van der Waals surface area contributed by atoms with Gasteiger partial charge in [-0.3, -0.25) is 0 Å². The van der Waals surface area contributed by atoms with Crippen molar-refractivity contribution in [1.29, 1.82) is 0 Å². The molecule has 0 atom stereocenters. The van der Waals surface area contributed by atoms with E-state index in [9.17, 15) is 8.42 Å². The largest absolute Gasteiger partial charge is 0.495 e. The van der Waals surface area contributed by atoms with Crippen molar-refractivity contribution in [2.24, 2.45) is 0 Å². The van der Waals surface area contributed by atoms with Crippen LogP contribution in [-0.2, 0) is 10.0 Å². The first-order valence-electron chi connectivity index (χ1n) is 7.64. The quantitative estimate of drug-likeness (QED) is 0.906. The summed E-state index contributed by atoms with van der Waals surface area (Å²) in [5.74, 6) is 0.683. The topological polar surface area (TPSA) is 55.4 Å². The SMILES string of the molecule is COc1ccc(C(C)C)cc1S(=O)(=O)NC1CCCCC1. The molecule has 0 heterocycles. The van der Waals surface area contributed by atoms with Gasteiger partial charge in [0.15, 0.2) is 0 Å². The first-order valence-corrected chi connectivity index (χ1v) is 9.12. The molecule has 0 bridgehead atoms. The standard InChI is InChI=1S/C16H25NO3S/c1-12(2)13-9-10-15(20-3)16(11-13)21(18,19)17-14-7-5-4-6-8-14/h9-12,14,17H,4-8H2,1-3H3. The Hall–Kier alpha value is -1.07. The normalized spacial score (nSPS) is 17.1. The summed E-state index contributed by atoms with van der Waals surface area (Å²) < 4.78 is 33.4. The maximum atomic E-state index is 12.7. The molecule has 2 rings (SSSR count). The monoisotopic (exact) mass is 311 g/mol. The fourth-order valence-corrected chi connectivity index (χ4v) is 4.27. The number of hydrogen-bond donors (Lipinski definition) is 1. The third kappa shape index (κ3) is 3.98. The van der Waals surface area contributed by atoms with Crippen molar-refractivity contribution in [2.45, 2.75) is 62.8 Å². The lowest BCUT2D eigenvalue weighted by molar-refractivity contribution is 0.396. The number of ether oxygens (including phenoxy) is 1. The molecule has 1 saturated carbocycles. The fourth-order valence-electron chi connectivity index (χ4n) is 2.77. The van der Waals surface area contributed by atoms with Gasteiger partial charge in [-0.2, -0.15) is 0 Å². The average Bonchev–Trinajstić information content (AvgIpc) is 2.47. The molecule has 1 aromatic carbocycles. The van der Waals surface area contributed by atoms with Crippen LogP contribution in [0.1, 0.15) is 57.4 Å². The zero-order valence-electron chi connectivity index (χ0n) is 13.1. The Morgan fingerprint density at radius 3 is 2.43 bits per heavy atom. The number of methoxy groups -OCH3 is 1. The van der Waals surface area contributed by atoms with E-state index >= 15 is 0 Å². The van der Waals surface area contributed by atoms with Crippen molar-refractivity contribution < 1.29 is 13.2 Å². The maximum Gasteiger partial charge on any atom is 0.244 e. The van der Waals surface area contributed by atoms with Crippen LogP contribution in [0.5, 0.6) is 5.75 Å². The highest BCUT2D eigenvalue weighted by molar-refractivity contribution is 7.89. The second kappa shape index (κ2) is 6.79. The number of hydrogen-bond acceptors (Lipinski definition) is 3. The van der Waals surface area contributed by atoms with Crippen molar-refractivity contribution in [3.05, 3.63) is 23.8 Å². The van der Waals surface area contributed by atoms with E-state index in [4.69, 9.17) is 4.74 Å². The van der Waals surface area contributed by atoms with Crippen molar-refractivity contribution >= 4 is 10.0 Å². The molecule has 4 nitrogen and oxygen atoms in total. The van der Waals surface area contributed by atoms with E-state index < -0.39 is 10.0 Å². The lowest BCUT2D eigenvalue weighted by Crippen LogP contribution is -2.36. The van der Waals surface area contributed by atoms with Gasteiger partial charge in [0.2, 0.25) is 10.0 Å². The fraction of sp³-hybridized carbons (Fsp3) is 0.625. The molecular weight excluding hydrogens is 286 g/mol. The summed E-state index contributed by atoms with van der Waals surface area (Å²) >= 11 is 0. The Morgan fingerprint density at radius 1 is 1.19 bits per heavy atom. The third-order valence-corrected chi connectivity index (χ3v) is 5.61. The predicted molar refractivity (Wildman–Crippen MR) is 84.3 cm³/mol. The Labute approximate surface area is 127 Å². The van der Waals surface area contributed by atoms with Gasteiger partial charge in [-0.15, -0.1) is 0 Å². The molecule has 0 saturated heterocycles. The molecule has 118 valence electrons. The summed E-state index contributed by atoms with van der Waals surface area (Å²) in [6.45, 7) is 4.10. The number of benzene rings is 1. The molecule has 0 amide bonds. The number of sulfonamides is 1. The van der Waals surface area contributed by atoms with Gasteiger partial charge in [-0.1, -0.05) is 39.2 Å². The minimum Gasteiger partial charge on any atom is -0.495 e. The average molecular weight is 311 g/mol. The molecule has 1 aliphatic rings. The second-order valence-electron chi connectivity index (χ2n) is 6.02. The van der Waals surface area contributed by atoms with E-state index in [0.29, 0.717) is 5.75 Å². The number of nitrogens with one attached hydrogen (secondary N) is 1. The smallest absolute Gasteiger partial charge is 0.244 e. The van der Waals surface area contributed by atoms with Crippen LogP contribution in [0.3, 0.4) is 0 Å². The number of rotatable bonds is 5. The first kappa shape index (κ1) is 16.3. The van der Waals surface area contributed by atoms with Crippen LogP contribution < -0.4 is 9.46 Å². The summed E-state index contributed by atoms with van der Waals surface area (Å²) in [5, 5.41) is 0. The Morgan fingerprint density at radius 2 is 1.86 bits per heavy atom. The van der Waals surface area contributed by atoms with Crippen LogP contribution in [0.15, 0.2) is 23.1 Å². The van der Waals surface area contributed by atoms with Crippen molar-refractivity contribution in [3.8, 4) is 5.75 Å². The summed E-state index contributed by atoms with van der Waals surface area (Å²) in [4.78, 5) is 0.252. The van der Waals surface area contributed by atoms with Crippen molar-refractivity contribution in [1.82, 2.24) is 4.72 Å². The molecule has 0 aliphatic heterocycles. The van der Waals surface area contributed by atoms with Gasteiger partial charge in [0.05, 0.1) is 7.11 Å². The minimum atomic E-state index is -3.53. The highest BCUT2D eigenvalue weighted by atomic mass is 32.2. The van der Waals surface area contributed by atoms with Crippen LogP contribution in [0, 0.1) is 0 Å². The molecule has 1 fully saturated rings. The summed E-state index contributed by atoms with van der Waals surface area (Å²) in [6.07, 6.45) is 5.23. The van der Waals surface area contributed by atoms with Crippen LogP contribution in [-0.4, -0.2) is 21.6 Å². The Balaban J connectivity index is 2.30. The van der Waals surface area contributed by atoms with Crippen LogP contribution in [0.2, 0.25) is 0 Å². The van der Waals surface area contributed by atoms with Crippen LogP contribution in [0.4, 0.5) is 0 Å². The van der Waals surface area contributed by atoms with Crippen molar-refractivity contribution in [3.63, 3.8) is 0 Å². The predicted octanol–water partition coefficient (Wildman–Crippen LogP) is 3.43. The van der Waals surface area contributed by atoms with E-state index in [1.807, 2.05) is 19.9 Å². The summed E-state index contributed by atoms with van der Waals surface area (Å²) in [5.41, 5.74) is 1.000. The van der Waals surface area contributed by atoms with Gasteiger partial charge >= 0.3 is 0 Å². The molecule has 0 radical (unpaired) electrons. The van der Waals surface area contributed by atoms with Gasteiger partial charge < -0.3 is 4.74 Å². The molecule has 5 heteroatoms. The van der Waals surface area contributed by atoms with Gasteiger partial charge in [-0.05, 0) is 36.5 Å². The molecule has 1 aliphatic carbocycles. The van der Waals surface area contributed by atoms with E-state index in [1.165, 1.54) is 13.5 Å². The third-order valence-electron chi connectivity index (χ3n) is 4.07. The second-order valence-corrected chi connectivity index (χ2v) is 7.70. The van der Waals surface area contributed by atoms with E-state index in [2.05, 4.69) is 4.72 Å². The van der Waals surface area contributed by atoms with Gasteiger partial charge in [0.1, 0.15) is 10.6 Å². The molecular formula is C16H25NO3S. The van der Waals surface area contributed by atoms with E-state index in [-0.39, 0.29) is 16.9 Å². The molecule has 0 aromatic heterocycles.